The Hall–Kier alpha value is -0.880. The van der Waals surface area contributed by atoms with Gasteiger partial charge in [-0.2, -0.15) is 0 Å². The summed E-state index contributed by atoms with van der Waals surface area (Å²) in [7, 11) is 0. The Kier molecular flexibility index (Phi) is 7.04. The van der Waals surface area contributed by atoms with Gasteiger partial charge in [-0.15, -0.1) is 0 Å². The summed E-state index contributed by atoms with van der Waals surface area (Å²) in [4.78, 5) is 21.8. The van der Waals surface area contributed by atoms with Crippen molar-refractivity contribution in [2.75, 3.05) is 19.8 Å². The third-order valence-corrected chi connectivity index (χ3v) is 1.60. The standard InChI is InChI=1S/C8H11BrO5/c1-2-13-8(12)6(9)5-7(11)14-4-3-10/h5,10H,2-4H2,1H3/b6-5+. The van der Waals surface area contributed by atoms with E-state index in [0.29, 0.717) is 0 Å². The molecule has 1 N–H and O–H groups in total. The van der Waals surface area contributed by atoms with Gasteiger partial charge in [-0.05, 0) is 22.9 Å². The number of carbonyl (C=O) groups excluding carboxylic acids is 2. The van der Waals surface area contributed by atoms with E-state index >= 15 is 0 Å². The molecule has 0 aliphatic heterocycles. The second-order valence-electron chi connectivity index (χ2n) is 2.10. The second kappa shape index (κ2) is 7.52. The molecule has 0 unspecified atom stereocenters. The highest BCUT2D eigenvalue weighted by atomic mass is 79.9. The molecule has 0 saturated carbocycles. The van der Waals surface area contributed by atoms with Gasteiger partial charge in [0.1, 0.15) is 11.1 Å². The summed E-state index contributed by atoms with van der Waals surface area (Å²) in [6.45, 7) is 1.53. The van der Waals surface area contributed by atoms with Crippen molar-refractivity contribution >= 4 is 27.9 Å². The lowest BCUT2D eigenvalue weighted by Crippen LogP contribution is -2.09. The molecule has 0 aromatic heterocycles. The minimum absolute atomic E-state index is 0.0118. The van der Waals surface area contributed by atoms with Gasteiger partial charge >= 0.3 is 11.9 Å². The first-order valence-electron chi connectivity index (χ1n) is 3.93. The molecular weight excluding hydrogens is 256 g/mol. The molecule has 0 heterocycles. The monoisotopic (exact) mass is 266 g/mol. The Morgan fingerprint density at radius 2 is 2.07 bits per heavy atom. The van der Waals surface area contributed by atoms with Crippen LogP contribution in [0.2, 0.25) is 0 Å². The SMILES string of the molecule is CCOC(=O)/C(Br)=C\C(=O)OCCO. The molecular formula is C8H11BrO5. The van der Waals surface area contributed by atoms with E-state index in [4.69, 9.17) is 5.11 Å². The molecule has 0 aliphatic rings. The van der Waals surface area contributed by atoms with E-state index in [0.717, 1.165) is 6.08 Å². The minimum Gasteiger partial charge on any atom is -0.462 e. The zero-order valence-electron chi connectivity index (χ0n) is 7.66. The first-order chi connectivity index (χ1) is 6.61. The molecule has 0 saturated heterocycles. The van der Waals surface area contributed by atoms with Gasteiger partial charge in [0.05, 0.1) is 13.2 Å². The molecule has 0 rings (SSSR count). The van der Waals surface area contributed by atoms with Gasteiger partial charge in [0.2, 0.25) is 0 Å². The average molecular weight is 267 g/mol. The fourth-order valence-electron chi connectivity index (χ4n) is 0.550. The minimum atomic E-state index is -0.709. The summed E-state index contributed by atoms with van der Waals surface area (Å²) in [5.74, 6) is -1.34. The molecule has 14 heavy (non-hydrogen) atoms. The van der Waals surface area contributed by atoms with Crippen LogP contribution in [-0.4, -0.2) is 36.9 Å². The molecule has 0 fully saturated rings. The van der Waals surface area contributed by atoms with Crippen LogP contribution in [0.1, 0.15) is 6.92 Å². The lowest BCUT2D eigenvalue weighted by Gasteiger charge is -2.00. The third-order valence-electron chi connectivity index (χ3n) is 1.05. The van der Waals surface area contributed by atoms with Crippen LogP contribution in [0.3, 0.4) is 0 Å². The van der Waals surface area contributed by atoms with E-state index in [-0.39, 0.29) is 24.3 Å². The highest BCUT2D eigenvalue weighted by molar-refractivity contribution is 9.12. The van der Waals surface area contributed by atoms with Crippen molar-refractivity contribution < 1.29 is 24.2 Å². The first kappa shape index (κ1) is 13.1. The maximum Gasteiger partial charge on any atom is 0.345 e. The van der Waals surface area contributed by atoms with E-state index in [1.54, 1.807) is 6.92 Å². The molecule has 0 spiro atoms. The van der Waals surface area contributed by atoms with Crippen LogP contribution >= 0.6 is 15.9 Å². The Labute approximate surface area is 89.8 Å². The summed E-state index contributed by atoms with van der Waals surface area (Å²) < 4.78 is 9.07. The van der Waals surface area contributed by atoms with Crippen LogP contribution in [0.25, 0.3) is 0 Å². The number of esters is 2. The van der Waals surface area contributed by atoms with Gasteiger partial charge in [0, 0.05) is 6.08 Å². The smallest absolute Gasteiger partial charge is 0.345 e. The number of ether oxygens (including phenoxy) is 2. The zero-order valence-corrected chi connectivity index (χ0v) is 9.24. The second-order valence-corrected chi connectivity index (χ2v) is 2.96. The van der Waals surface area contributed by atoms with Crippen LogP contribution in [0.4, 0.5) is 0 Å². The number of hydrogen-bond donors (Lipinski definition) is 1. The molecule has 0 aromatic carbocycles. The zero-order chi connectivity index (χ0) is 11.0. The maximum atomic E-state index is 11.0. The third kappa shape index (κ3) is 5.71. The van der Waals surface area contributed by atoms with Crippen molar-refractivity contribution in [2.24, 2.45) is 0 Å². The van der Waals surface area contributed by atoms with Crippen LogP contribution in [0, 0.1) is 0 Å². The van der Waals surface area contributed by atoms with Crippen LogP contribution < -0.4 is 0 Å². The molecule has 0 atom stereocenters. The summed E-state index contributed by atoms with van der Waals surface area (Å²) >= 11 is 2.86. The molecule has 0 aromatic rings. The molecule has 0 bridgehead atoms. The number of aliphatic hydroxyl groups excluding tert-OH is 1. The maximum absolute atomic E-state index is 11.0. The predicted molar refractivity (Wildman–Crippen MR) is 51.7 cm³/mol. The van der Waals surface area contributed by atoms with E-state index in [2.05, 4.69) is 25.4 Å². The van der Waals surface area contributed by atoms with Gasteiger partial charge in [-0.25, -0.2) is 9.59 Å². The fourth-order valence-corrected chi connectivity index (χ4v) is 0.852. The molecule has 6 heteroatoms. The largest absolute Gasteiger partial charge is 0.462 e. The molecule has 5 nitrogen and oxygen atoms in total. The van der Waals surface area contributed by atoms with E-state index in [9.17, 15) is 9.59 Å². The fraction of sp³-hybridized carbons (Fsp3) is 0.500. The summed E-state index contributed by atoms with van der Waals surface area (Å²) in [6, 6.07) is 0. The van der Waals surface area contributed by atoms with Crippen LogP contribution in [0.5, 0.6) is 0 Å². The first-order valence-corrected chi connectivity index (χ1v) is 4.73. The number of aliphatic hydroxyl groups is 1. The van der Waals surface area contributed by atoms with Gasteiger partial charge < -0.3 is 14.6 Å². The number of rotatable bonds is 5. The predicted octanol–water partition coefficient (Wildman–Crippen LogP) is 0.364. The van der Waals surface area contributed by atoms with Crippen molar-refractivity contribution in [3.8, 4) is 0 Å². The van der Waals surface area contributed by atoms with Crippen LogP contribution in [-0.2, 0) is 19.1 Å². The van der Waals surface area contributed by atoms with Gasteiger partial charge in [0.15, 0.2) is 0 Å². The Morgan fingerprint density at radius 3 is 2.57 bits per heavy atom. The van der Waals surface area contributed by atoms with Gasteiger partial charge in [-0.1, -0.05) is 0 Å². The molecule has 0 radical (unpaired) electrons. The van der Waals surface area contributed by atoms with E-state index < -0.39 is 11.9 Å². The Morgan fingerprint density at radius 1 is 1.43 bits per heavy atom. The number of carbonyl (C=O) groups is 2. The Balaban J connectivity index is 4.08. The quantitative estimate of drug-likeness (QED) is 0.575. The highest BCUT2D eigenvalue weighted by Gasteiger charge is 2.09. The van der Waals surface area contributed by atoms with Crippen LogP contribution in [0.15, 0.2) is 10.6 Å². The van der Waals surface area contributed by atoms with Crippen molar-refractivity contribution in [1.82, 2.24) is 0 Å². The normalized spacial score (nSPS) is 10.9. The average Bonchev–Trinajstić information content (AvgIpc) is 2.15. The molecule has 0 amide bonds. The van der Waals surface area contributed by atoms with Crippen molar-refractivity contribution in [1.29, 1.82) is 0 Å². The van der Waals surface area contributed by atoms with Gasteiger partial charge in [-0.3, -0.25) is 0 Å². The van der Waals surface area contributed by atoms with Gasteiger partial charge in [0.25, 0.3) is 0 Å². The lowest BCUT2D eigenvalue weighted by atomic mass is 10.5. The van der Waals surface area contributed by atoms with Crippen molar-refractivity contribution in [2.45, 2.75) is 6.92 Å². The van der Waals surface area contributed by atoms with E-state index in [1.165, 1.54) is 0 Å². The summed E-state index contributed by atoms with van der Waals surface area (Å²) in [6.07, 6.45) is 0.952. The highest BCUT2D eigenvalue weighted by Crippen LogP contribution is 2.07. The Bertz CT molecular complexity index is 236. The van der Waals surface area contributed by atoms with E-state index in [1.807, 2.05) is 0 Å². The molecule has 0 aliphatic carbocycles. The summed E-state index contributed by atoms with van der Waals surface area (Å²) in [5.41, 5.74) is 0. The molecule has 80 valence electrons. The number of hydrogen-bond acceptors (Lipinski definition) is 5. The number of halogens is 1. The van der Waals surface area contributed by atoms with Crippen molar-refractivity contribution in [3.63, 3.8) is 0 Å². The lowest BCUT2D eigenvalue weighted by molar-refractivity contribution is -0.141. The summed E-state index contributed by atoms with van der Waals surface area (Å²) in [5, 5.41) is 8.34. The topological polar surface area (TPSA) is 72.8 Å². The van der Waals surface area contributed by atoms with Crippen molar-refractivity contribution in [3.05, 3.63) is 10.6 Å².